The average molecular weight is 215 g/mol. The molecule has 2 N–H and O–H groups in total. The van der Waals surface area contributed by atoms with E-state index in [1.807, 2.05) is 6.92 Å². The first-order valence-corrected chi connectivity index (χ1v) is 5.54. The van der Waals surface area contributed by atoms with Crippen molar-refractivity contribution in [3.05, 3.63) is 0 Å². The fraction of sp³-hybridized carbons (Fsp3) is 0.909. The number of carboxylic acid groups (broad SMARTS) is 1. The molecule has 0 heterocycles. The van der Waals surface area contributed by atoms with Gasteiger partial charge in [0.2, 0.25) is 0 Å². The summed E-state index contributed by atoms with van der Waals surface area (Å²) >= 11 is 0. The van der Waals surface area contributed by atoms with Crippen LogP contribution >= 0.6 is 0 Å². The lowest BCUT2D eigenvalue weighted by Gasteiger charge is -2.50. The zero-order valence-electron chi connectivity index (χ0n) is 9.79. The van der Waals surface area contributed by atoms with Crippen LogP contribution in [-0.4, -0.2) is 46.3 Å². The molecular formula is C11H21NO3. The molecule has 1 aliphatic carbocycles. The van der Waals surface area contributed by atoms with Crippen molar-refractivity contribution in [2.24, 2.45) is 0 Å². The molecule has 0 aliphatic heterocycles. The van der Waals surface area contributed by atoms with Crippen LogP contribution in [0.15, 0.2) is 0 Å². The Bertz CT molecular complexity index is 254. The molecule has 0 aromatic rings. The van der Waals surface area contributed by atoms with E-state index in [1.54, 1.807) is 19.0 Å². The second-order valence-electron chi connectivity index (χ2n) is 4.65. The van der Waals surface area contributed by atoms with Crippen molar-refractivity contribution in [1.29, 1.82) is 0 Å². The topological polar surface area (TPSA) is 60.8 Å². The van der Waals surface area contributed by atoms with Crippen molar-refractivity contribution in [2.75, 3.05) is 14.1 Å². The normalized spacial score (nSPS) is 36.9. The molecule has 1 aliphatic rings. The number of hydrogen-bond donors (Lipinski definition) is 2. The minimum absolute atomic E-state index is 0.484. The number of aliphatic hydroxyl groups is 1. The third-order valence-electron chi connectivity index (χ3n) is 3.85. The molecule has 2 atom stereocenters. The highest BCUT2D eigenvalue weighted by molar-refractivity contribution is 5.81. The van der Waals surface area contributed by atoms with Crippen LogP contribution in [0.1, 0.15) is 39.0 Å². The molecule has 0 amide bonds. The summed E-state index contributed by atoms with van der Waals surface area (Å²) in [6, 6.07) is 0. The van der Waals surface area contributed by atoms with Crippen molar-refractivity contribution in [2.45, 2.75) is 50.2 Å². The number of likely N-dealkylation sites (N-methyl/N-ethyl adjacent to an activating group) is 1. The number of carboxylic acids is 1. The van der Waals surface area contributed by atoms with Crippen molar-refractivity contribution in [3.8, 4) is 0 Å². The minimum Gasteiger partial charge on any atom is -0.480 e. The first-order chi connectivity index (χ1) is 6.90. The summed E-state index contributed by atoms with van der Waals surface area (Å²) in [6.45, 7) is 1.85. The lowest BCUT2D eigenvalue weighted by molar-refractivity contribution is -0.180. The van der Waals surface area contributed by atoms with Crippen molar-refractivity contribution in [3.63, 3.8) is 0 Å². The van der Waals surface area contributed by atoms with E-state index >= 15 is 0 Å². The lowest BCUT2D eigenvalue weighted by Crippen LogP contribution is -2.68. The maximum Gasteiger partial charge on any atom is 0.327 e. The highest BCUT2D eigenvalue weighted by Gasteiger charge is 2.57. The van der Waals surface area contributed by atoms with Crippen LogP contribution < -0.4 is 0 Å². The predicted molar refractivity (Wildman–Crippen MR) is 57.8 cm³/mol. The molecule has 4 nitrogen and oxygen atoms in total. The van der Waals surface area contributed by atoms with Crippen molar-refractivity contribution < 1.29 is 15.0 Å². The Morgan fingerprint density at radius 3 is 2.20 bits per heavy atom. The molecule has 1 saturated carbocycles. The van der Waals surface area contributed by atoms with E-state index in [0.717, 1.165) is 12.8 Å². The Labute approximate surface area is 90.9 Å². The van der Waals surface area contributed by atoms with Gasteiger partial charge in [-0.25, -0.2) is 0 Å². The molecule has 1 fully saturated rings. The van der Waals surface area contributed by atoms with E-state index in [0.29, 0.717) is 19.3 Å². The fourth-order valence-electron chi connectivity index (χ4n) is 2.84. The van der Waals surface area contributed by atoms with Crippen LogP contribution in [0.3, 0.4) is 0 Å². The Kier molecular flexibility index (Phi) is 3.41. The van der Waals surface area contributed by atoms with Gasteiger partial charge in [0.1, 0.15) is 5.54 Å². The molecule has 0 aromatic heterocycles. The highest BCUT2D eigenvalue weighted by Crippen LogP contribution is 2.42. The minimum atomic E-state index is -1.11. The van der Waals surface area contributed by atoms with Crippen LogP contribution in [0.2, 0.25) is 0 Å². The van der Waals surface area contributed by atoms with E-state index in [1.165, 1.54) is 0 Å². The fourth-order valence-corrected chi connectivity index (χ4v) is 2.84. The smallest absolute Gasteiger partial charge is 0.327 e. The number of nitrogens with zero attached hydrogens (tertiary/aromatic N) is 1. The summed E-state index contributed by atoms with van der Waals surface area (Å²) in [4.78, 5) is 13.2. The van der Waals surface area contributed by atoms with E-state index in [-0.39, 0.29) is 0 Å². The van der Waals surface area contributed by atoms with Gasteiger partial charge in [-0.15, -0.1) is 0 Å². The number of hydrogen-bond acceptors (Lipinski definition) is 3. The second kappa shape index (κ2) is 4.10. The largest absolute Gasteiger partial charge is 0.480 e. The van der Waals surface area contributed by atoms with E-state index in [9.17, 15) is 15.0 Å². The predicted octanol–water partition coefficient (Wildman–Crippen LogP) is 1.09. The zero-order chi connectivity index (χ0) is 11.7. The van der Waals surface area contributed by atoms with Crippen molar-refractivity contribution in [1.82, 2.24) is 4.90 Å². The van der Waals surface area contributed by atoms with Crippen LogP contribution in [0.5, 0.6) is 0 Å². The molecule has 15 heavy (non-hydrogen) atoms. The molecule has 0 bridgehead atoms. The molecule has 0 spiro atoms. The number of aliphatic carboxylic acids is 1. The van der Waals surface area contributed by atoms with Crippen LogP contribution in [0.4, 0.5) is 0 Å². The summed E-state index contributed by atoms with van der Waals surface area (Å²) in [5, 5.41) is 19.9. The van der Waals surface area contributed by atoms with Crippen LogP contribution in [-0.2, 0) is 4.79 Å². The molecule has 1 rings (SSSR count). The second-order valence-corrected chi connectivity index (χ2v) is 4.65. The van der Waals surface area contributed by atoms with Gasteiger partial charge in [0, 0.05) is 0 Å². The molecule has 0 aromatic carbocycles. The molecule has 0 radical (unpaired) electrons. The van der Waals surface area contributed by atoms with Crippen LogP contribution in [0.25, 0.3) is 0 Å². The van der Waals surface area contributed by atoms with Gasteiger partial charge < -0.3 is 10.2 Å². The first kappa shape index (κ1) is 12.5. The monoisotopic (exact) mass is 215 g/mol. The summed E-state index contributed by atoms with van der Waals surface area (Å²) in [5.74, 6) is -0.906. The molecular weight excluding hydrogens is 194 g/mol. The maximum absolute atomic E-state index is 11.5. The quantitative estimate of drug-likeness (QED) is 0.739. The Morgan fingerprint density at radius 2 is 1.87 bits per heavy atom. The molecule has 0 saturated heterocycles. The summed E-state index contributed by atoms with van der Waals surface area (Å²) in [5.41, 5.74) is -2.21. The molecule has 2 unspecified atom stereocenters. The Morgan fingerprint density at radius 1 is 1.33 bits per heavy atom. The third-order valence-corrected chi connectivity index (χ3v) is 3.85. The Hall–Kier alpha value is -0.610. The van der Waals surface area contributed by atoms with Gasteiger partial charge in [-0.3, -0.25) is 9.69 Å². The summed E-state index contributed by atoms with van der Waals surface area (Å²) in [7, 11) is 3.47. The van der Waals surface area contributed by atoms with E-state index in [4.69, 9.17) is 0 Å². The van der Waals surface area contributed by atoms with E-state index < -0.39 is 17.1 Å². The Balaban J connectivity index is 3.17. The molecule has 88 valence electrons. The number of rotatable bonds is 3. The van der Waals surface area contributed by atoms with Gasteiger partial charge in [0.25, 0.3) is 0 Å². The third kappa shape index (κ3) is 1.66. The lowest BCUT2D eigenvalue weighted by atomic mass is 9.67. The van der Waals surface area contributed by atoms with Gasteiger partial charge in [-0.2, -0.15) is 0 Å². The molecule has 4 heteroatoms. The highest BCUT2D eigenvalue weighted by atomic mass is 16.4. The van der Waals surface area contributed by atoms with Gasteiger partial charge in [0.05, 0.1) is 5.60 Å². The van der Waals surface area contributed by atoms with E-state index in [2.05, 4.69) is 0 Å². The standard InChI is InChI=1S/C11H21NO3/c1-4-10(15)7-5-6-8-11(10,9(13)14)12(2)3/h15H,4-8H2,1-3H3,(H,13,14). The maximum atomic E-state index is 11.5. The van der Waals surface area contributed by atoms with Gasteiger partial charge in [-0.05, 0) is 33.4 Å². The summed E-state index contributed by atoms with van der Waals surface area (Å²) in [6.07, 6.45) is 3.37. The van der Waals surface area contributed by atoms with Gasteiger partial charge in [-0.1, -0.05) is 19.8 Å². The van der Waals surface area contributed by atoms with Gasteiger partial charge in [0.15, 0.2) is 0 Å². The van der Waals surface area contributed by atoms with Crippen molar-refractivity contribution >= 4 is 5.97 Å². The average Bonchev–Trinajstić information content (AvgIpc) is 2.17. The SMILES string of the molecule is CCC1(O)CCCCC1(C(=O)O)N(C)C. The first-order valence-electron chi connectivity index (χ1n) is 5.54. The number of carbonyl (C=O) groups is 1. The van der Waals surface area contributed by atoms with Gasteiger partial charge >= 0.3 is 5.97 Å². The summed E-state index contributed by atoms with van der Waals surface area (Å²) < 4.78 is 0. The van der Waals surface area contributed by atoms with Crippen LogP contribution in [0, 0.1) is 0 Å². The zero-order valence-corrected chi connectivity index (χ0v) is 9.79.